The molecule has 1 aromatic heterocycles. The van der Waals surface area contributed by atoms with Crippen LogP contribution in [0, 0.1) is 0 Å². The number of thiophene rings is 1. The Morgan fingerprint density at radius 2 is 1.96 bits per heavy atom. The molecule has 134 valence electrons. The van der Waals surface area contributed by atoms with Gasteiger partial charge in [-0.2, -0.15) is 0 Å². The second-order valence-electron chi connectivity index (χ2n) is 5.95. The Balaban J connectivity index is 2.16. The van der Waals surface area contributed by atoms with Crippen molar-refractivity contribution < 1.29 is 19.6 Å². The number of nitrogens with one attached hydrogen (secondary N) is 1. The lowest BCUT2D eigenvalue weighted by Gasteiger charge is -2.19. The molecule has 0 aliphatic carbocycles. The van der Waals surface area contributed by atoms with Crippen molar-refractivity contribution in [1.82, 2.24) is 5.32 Å². The van der Waals surface area contributed by atoms with Gasteiger partial charge in [-0.1, -0.05) is 43.7 Å². The molecule has 0 spiro atoms. The molecule has 2 atom stereocenters. The summed E-state index contributed by atoms with van der Waals surface area (Å²) in [6.45, 7) is 3.95. The molecule has 0 saturated carbocycles. The second-order valence-corrected chi connectivity index (χ2v) is 6.93. The highest BCUT2D eigenvalue weighted by Gasteiger charge is 2.26. The van der Waals surface area contributed by atoms with Crippen LogP contribution in [0.1, 0.15) is 42.3 Å². The molecule has 0 aliphatic rings. The van der Waals surface area contributed by atoms with Crippen molar-refractivity contribution in [1.29, 1.82) is 0 Å². The molecule has 0 fully saturated rings. The van der Waals surface area contributed by atoms with Gasteiger partial charge in [0.05, 0.1) is 12.0 Å². The maximum absolute atomic E-state index is 12.1. The number of methoxy groups -OCH3 is 1. The van der Waals surface area contributed by atoms with Gasteiger partial charge in [0.15, 0.2) is 6.04 Å². The third-order valence-electron chi connectivity index (χ3n) is 4.03. The number of hydrogen-bond donors (Lipinski definition) is 2. The summed E-state index contributed by atoms with van der Waals surface area (Å²) in [5, 5.41) is 6.23. The first-order chi connectivity index (χ1) is 12.0. The highest BCUT2D eigenvalue weighted by atomic mass is 32.1. The Kier molecular flexibility index (Phi) is 7.16. The number of imide groups is 1. The van der Waals surface area contributed by atoms with Crippen LogP contribution >= 0.6 is 11.3 Å². The predicted molar refractivity (Wildman–Crippen MR) is 98.5 cm³/mol. The summed E-state index contributed by atoms with van der Waals surface area (Å²) in [4.78, 5) is 24.6. The number of ether oxygens (including phenoxy) is 1. The minimum Gasteiger partial charge on any atom is -0.453 e. The van der Waals surface area contributed by atoms with Crippen LogP contribution < -0.4 is 10.6 Å². The van der Waals surface area contributed by atoms with E-state index in [-0.39, 0.29) is 11.9 Å². The van der Waals surface area contributed by atoms with Crippen molar-refractivity contribution >= 4 is 23.3 Å². The Morgan fingerprint density at radius 1 is 1.24 bits per heavy atom. The quantitative estimate of drug-likeness (QED) is 0.796. The fraction of sp³-hybridized carbons (Fsp3) is 0.368. The fourth-order valence-electron chi connectivity index (χ4n) is 2.66. The van der Waals surface area contributed by atoms with Crippen LogP contribution in [0.2, 0.25) is 0 Å². The van der Waals surface area contributed by atoms with E-state index < -0.39 is 12.1 Å². The molecule has 0 radical (unpaired) electrons. The molecule has 2 rings (SSSR count). The van der Waals surface area contributed by atoms with E-state index in [1.165, 1.54) is 17.6 Å². The van der Waals surface area contributed by atoms with Crippen LogP contribution in [0.3, 0.4) is 0 Å². The molecule has 6 heteroatoms. The summed E-state index contributed by atoms with van der Waals surface area (Å²) >= 11 is 1.66. The number of carbonyl (C=O) groups excluding carboxylic acids is 2. The first-order valence-corrected chi connectivity index (χ1v) is 9.29. The van der Waals surface area contributed by atoms with Crippen LogP contribution in [0.4, 0.5) is 4.79 Å². The van der Waals surface area contributed by atoms with Gasteiger partial charge in [0.1, 0.15) is 6.04 Å². The summed E-state index contributed by atoms with van der Waals surface area (Å²) in [7, 11) is 1.24. The van der Waals surface area contributed by atoms with E-state index in [0.717, 1.165) is 18.4 Å². The van der Waals surface area contributed by atoms with Crippen molar-refractivity contribution in [2.45, 2.75) is 38.8 Å². The van der Waals surface area contributed by atoms with Gasteiger partial charge in [0, 0.05) is 5.56 Å². The number of hydrogen-bond acceptors (Lipinski definition) is 4. The number of carbonyl (C=O) groups is 2. The smallest absolute Gasteiger partial charge is 0.413 e. The van der Waals surface area contributed by atoms with E-state index in [1.54, 1.807) is 18.3 Å². The number of rotatable bonds is 7. The monoisotopic (exact) mass is 361 g/mol. The topological polar surface area (TPSA) is 72.0 Å². The predicted octanol–water partition coefficient (Wildman–Crippen LogP) is 2.62. The van der Waals surface area contributed by atoms with Crippen molar-refractivity contribution in [3.63, 3.8) is 0 Å². The Labute approximate surface area is 152 Å². The zero-order chi connectivity index (χ0) is 18.2. The molecule has 0 unspecified atom stereocenters. The van der Waals surface area contributed by atoms with Gasteiger partial charge in [0.2, 0.25) is 0 Å². The third kappa shape index (κ3) is 5.41. The van der Waals surface area contributed by atoms with Crippen LogP contribution in [0.15, 0.2) is 41.8 Å². The van der Waals surface area contributed by atoms with E-state index >= 15 is 0 Å². The summed E-state index contributed by atoms with van der Waals surface area (Å²) in [6, 6.07) is 12.2. The number of quaternary nitrogens is 1. The number of nitrogens with two attached hydrogens (primary N) is 1. The SMILES string of the molecule is CCCc1ccc([C@H]([NH2+][C@@H](C)C(=O)NC(=O)OC)c2cccs2)cc1. The molecule has 3 N–H and O–H groups in total. The van der Waals surface area contributed by atoms with Gasteiger partial charge in [-0.15, -0.1) is 11.3 Å². The maximum atomic E-state index is 12.1. The van der Waals surface area contributed by atoms with Crippen molar-refractivity contribution in [2.24, 2.45) is 0 Å². The van der Waals surface area contributed by atoms with Crippen molar-refractivity contribution in [3.05, 3.63) is 57.8 Å². The number of alkyl carbamates (subject to hydrolysis) is 1. The lowest BCUT2D eigenvalue weighted by molar-refractivity contribution is -0.704. The molecular formula is C19H25N2O3S+. The summed E-state index contributed by atoms with van der Waals surface area (Å²) < 4.78 is 4.49. The lowest BCUT2D eigenvalue weighted by atomic mass is 10.0. The van der Waals surface area contributed by atoms with Crippen molar-refractivity contribution in [2.75, 3.05) is 7.11 Å². The molecule has 1 aromatic carbocycles. The zero-order valence-corrected chi connectivity index (χ0v) is 15.6. The number of amides is 2. The van der Waals surface area contributed by atoms with Crippen LogP contribution in [-0.4, -0.2) is 25.2 Å². The molecule has 2 amide bonds. The van der Waals surface area contributed by atoms with Gasteiger partial charge in [-0.05, 0) is 30.4 Å². The van der Waals surface area contributed by atoms with E-state index in [2.05, 4.69) is 47.3 Å². The molecular weight excluding hydrogens is 336 g/mol. The summed E-state index contributed by atoms with van der Waals surface area (Å²) in [6.07, 6.45) is 1.44. The number of benzene rings is 1. The molecule has 1 heterocycles. The molecule has 25 heavy (non-hydrogen) atoms. The normalized spacial score (nSPS) is 13.1. The summed E-state index contributed by atoms with van der Waals surface area (Å²) in [5.41, 5.74) is 2.45. The lowest BCUT2D eigenvalue weighted by Crippen LogP contribution is -2.92. The average molecular weight is 361 g/mol. The van der Waals surface area contributed by atoms with E-state index in [0.29, 0.717) is 0 Å². The minimum atomic E-state index is -0.734. The van der Waals surface area contributed by atoms with Gasteiger partial charge < -0.3 is 10.1 Å². The molecule has 0 aliphatic heterocycles. The average Bonchev–Trinajstić information content (AvgIpc) is 3.14. The van der Waals surface area contributed by atoms with E-state index in [1.807, 2.05) is 16.8 Å². The van der Waals surface area contributed by atoms with Gasteiger partial charge in [-0.3, -0.25) is 10.1 Å². The fourth-order valence-corrected chi connectivity index (χ4v) is 3.49. The highest BCUT2D eigenvalue weighted by molar-refractivity contribution is 7.10. The molecule has 0 saturated heterocycles. The first kappa shape index (κ1) is 19.1. The van der Waals surface area contributed by atoms with E-state index in [9.17, 15) is 9.59 Å². The van der Waals surface area contributed by atoms with Crippen LogP contribution in [0.5, 0.6) is 0 Å². The maximum Gasteiger partial charge on any atom is 0.413 e. The largest absolute Gasteiger partial charge is 0.453 e. The zero-order valence-electron chi connectivity index (χ0n) is 14.8. The third-order valence-corrected chi connectivity index (χ3v) is 4.99. The van der Waals surface area contributed by atoms with E-state index in [4.69, 9.17) is 0 Å². The Hall–Kier alpha value is -2.18. The van der Waals surface area contributed by atoms with Crippen LogP contribution in [0.25, 0.3) is 0 Å². The minimum absolute atomic E-state index is 0.00840. The van der Waals surface area contributed by atoms with Gasteiger partial charge >= 0.3 is 6.09 Å². The Bertz CT molecular complexity index is 683. The van der Waals surface area contributed by atoms with Crippen molar-refractivity contribution in [3.8, 4) is 0 Å². The first-order valence-electron chi connectivity index (χ1n) is 8.41. The molecule has 2 aromatic rings. The summed E-state index contributed by atoms with van der Waals surface area (Å²) in [5.74, 6) is -0.365. The highest BCUT2D eigenvalue weighted by Crippen LogP contribution is 2.23. The standard InChI is InChI=1S/C19H24N2O3S/c1-4-6-14-8-10-15(11-9-14)17(16-7-5-12-25-16)20-13(2)18(22)21-19(23)24-3/h5,7-13,17,20H,4,6H2,1-3H3,(H,21,22,23)/p+1/t13-,17-/m0/s1. The Morgan fingerprint density at radius 3 is 2.52 bits per heavy atom. The van der Waals surface area contributed by atoms with Gasteiger partial charge in [0.25, 0.3) is 5.91 Å². The molecule has 5 nitrogen and oxygen atoms in total. The number of aryl methyl sites for hydroxylation is 1. The van der Waals surface area contributed by atoms with Gasteiger partial charge in [-0.25, -0.2) is 4.79 Å². The van der Waals surface area contributed by atoms with Crippen LogP contribution in [-0.2, 0) is 16.0 Å². The molecule has 0 bridgehead atoms. The second kappa shape index (κ2) is 9.34.